The van der Waals surface area contributed by atoms with Crippen molar-refractivity contribution in [2.75, 3.05) is 26.2 Å². The molecule has 5 nitrogen and oxygen atoms in total. The van der Waals surface area contributed by atoms with E-state index in [0.717, 1.165) is 18.6 Å². The molecule has 1 unspecified atom stereocenters. The summed E-state index contributed by atoms with van der Waals surface area (Å²) in [6.45, 7) is 9.67. The molecule has 3 rings (SSSR count). The number of rotatable bonds is 8. The summed E-state index contributed by atoms with van der Waals surface area (Å²) >= 11 is 1.74. The molecule has 2 amide bonds. The molecule has 0 fully saturated rings. The van der Waals surface area contributed by atoms with Crippen LogP contribution in [0.2, 0.25) is 0 Å². The topological polar surface area (TPSA) is 49.9 Å². The molecule has 0 bridgehead atoms. The van der Waals surface area contributed by atoms with Crippen LogP contribution in [0, 0.1) is 0 Å². The van der Waals surface area contributed by atoms with Crippen molar-refractivity contribution in [3.8, 4) is 5.75 Å². The first kappa shape index (κ1) is 22.3. The maximum absolute atomic E-state index is 13.1. The summed E-state index contributed by atoms with van der Waals surface area (Å²) in [6.07, 6.45) is 1.69. The second kappa shape index (κ2) is 10.1. The Morgan fingerprint density at radius 1 is 1.23 bits per heavy atom. The maximum Gasteiger partial charge on any atom is 0.242 e. The lowest BCUT2D eigenvalue weighted by molar-refractivity contribution is -0.141. The van der Waals surface area contributed by atoms with Crippen molar-refractivity contribution >= 4 is 23.2 Å². The fraction of sp³-hybridized carbons (Fsp3) is 0.500. The van der Waals surface area contributed by atoms with Crippen LogP contribution in [-0.2, 0) is 16.0 Å². The van der Waals surface area contributed by atoms with Gasteiger partial charge in [-0.1, -0.05) is 32.9 Å². The van der Waals surface area contributed by atoms with Crippen molar-refractivity contribution in [3.63, 3.8) is 0 Å². The Bertz CT molecular complexity index is 860. The third-order valence-corrected chi connectivity index (χ3v) is 6.63. The van der Waals surface area contributed by atoms with Gasteiger partial charge in [0, 0.05) is 24.9 Å². The van der Waals surface area contributed by atoms with Gasteiger partial charge in [0.05, 0.1) is 12.6 Å². The molecule has 1 aromatic heterocycles. The Labute approximate surface area is 183 Å². The lowest BCUT2D eigenvalue weighted by atomic mass is 10.00. The SMILES string of the molecule is CCCN(CC(=O)N1CCc2sccc2C1COc1ccc(C(C)C)cc1)C(C)=O. The summed E-state index contributed by atoms with van der Waals surface area (Å²) in [5.41, 5.74) is 2.44. The first-order valence-corrected chi connectivity index (χ1v) is 11.6. The Balaban J connectivity index is 1.74. The van der Waals surface area contributed by atoms with Gasteiger partial charge in [0.2, 0.25) is 11.8 Å². The Morgan fingerprint density at radius 2 is 1.97 bits per heavy atom. The highest BCUT2D eigenvalue weighted by atomic mass is 32.1. The number of hydrogen-bond acceptors (Lipinski definition) is 4. The van der Waals surface area contributed by atoms with Gasteiger partial charge in [0.15, 0.2) is 0 Å². The van der Waals surface area contributed by atoms with E-state index in [1.165, 1.54) is 22.9 Å². The van der Waals surface area contributed by atoms with Crippen LogP contribution < -0.4 is 4.74 Å². The smallest absolute Gasteiger partial charge is 0.242 e. The number of ether oxygens (including phenoxy) is 1. The molecule has 162 valence electrons. The fourth-order valence-electron chi connectivity index (χ4n) is 3.87. The largest absolute Gasteiger partial charge is 0.491 e. The van der Waals surface area contributed by atoms with E-state index in [2.05, 4.69) is 37.4 Å². The quantitative estimate of drug-likeness (QED) is 0.616. The van der Waals surface area contributed by atoms with Crippen molar-refractivity contribution in [2.45, 2.75) is 52.5 Å². The molecule has 1 atom stereocenters. The predicted molar refractivity (Wildman–Crippen MR) is 121 cm³/mol. The molecule has 0 saturated heterocycles. The average Bonchev–Trinajstić information content (AvgIpc) is 3.20. The second-order valence-corrected chi connectivity index (χ2v) is 9.13. The number of amides is 2. The summed E-state index contributed by atoms with van der Waals surface area (Å²) in [6, 6.07) is 10.1. The fourth-order valence-corrected chi connectivity index (χ4v) is 4.80. The van der Waals surface area contributed by atoms with E-state index in [1.807, 2.05) is 24.0 Å². The van der Waals surface area contributed by atoms with Crippen molar-refractivity contribution in [3.05, 3.63) is 51.7 Å². The predicted octanol–water partition coefficient (Wildman–Crippen LogP) is 4.63. The molecule has 6 heteroatoms. The molecule has 0 saturated carbocycles. The van der Waals surface area contributed by atoms with E-state index in [1.54, 1.807) is 16.2 Å². The molecule has 1 aromatic carbocycles. The number of hydrogen-bond donors (Lipinski definition) is 0. The van der Waals surface area contributed by atoms with Crippen LogP contribution in [-0.4, -0.2) is 47.9 Å². The van der Waals surface area contributed by atoms with Crippen molar-refractivity contribution in [1.82, 2.24) is 9.80 Å². The van der Waals surface area contributed by atoms with E-state index in [4.69, 9.17) is 4.74 Å². The van der Waals surface area contributed by atoms with Gasteiger partial charge >= 0.3 is 0 Å². The molecule has 30 heavy (non-hydrogen) atoms. The summed E-state index contributed by atoms with van der Waals surface area (Å²) in [7, 11) is 0. The highest BCUT2D eigenvalue weighted by Crippen LogP contribution is 2.34. The number of carbonyl (C=O) groups is 2. The van der Waals surface area contributed by atoms with E-state index >= 15 is 0 Å². The van der Waals surface area contributed by atoms with Crippen molar-refractivity contribution < 1.29 is 14.3 Å². The van der Waals surface area contributed by atoms with Crippen LogP contribution in [0.1, 0.15) is 62.1 Å². The number of benzene rings is 1. The normalized spacial score (nSPS) is 15.8. The van der Waals surface area contributed by atoms with E-state index in [9.17, 15) is 9.59 Å². The zero-order valence-electron chi connectivity index (χ0n) is 18.4. The van der Waals surface area contributed by atoms with Crippen molar-refractivity contribution in [1.29, 1.82) is 0 Å². The Kier molecular flexibility index (Phi) is 7.53. The molecule has 1 aliphatic rings. The average molecular weight is 429 g/mol. The Hall–Kier alpha value is -2.34. The monoisotopic (exact) mass is 428 g/mol. The first-order chi connectivity index (χ1) is 14.4. The number of nitrogens with zero attached hydrogens (tertiary/aromatic N) is 2. The van der Waals surface area contributed by atoms with E-state index in [0.29, 0.717) is 25.6 Å². The van der Waals surface area contributed by atoms with Crippen LogP contribution in [0.3, 0.4) is 0 Å². The van der Waals surface area contributed by atoms with E-state index in [-0.39, 0.29) is 24.4 Å². The molecule has 2 heterocycles. The maximum atomic E-state index is 13.1. The zero-order chi connectivity index (χ0) is 21.7. The van der Waals surface area contributed by atoms with E-state index < -0.39 is 0 Å². The third-order valence-electron chi connectivity index (χ3n) is 5.63. The number of carbonyl (C=O) groups excluding carboxylic acids is 2. The van der Waals surface area contributed by atoms with Crippen LogP contribution in [0.4, 0.5) is 0 Å². The highest BCUT2D eigenvalue weighted by molar-refractivity contribution is 7.10. The van der Waals surface area contributed by atoms with Gasteiger partial charge in [-0.25, -0.2) is 0 Å². The van der Waals surface area contributed by atoms with Crippen LogP contribution in [0.25, 0.3) is 0 Å². The van der Waals surface area contributed by atoms with Gasteiger partial charge in [0.25, 0.3) is 0 Å². The highest BCUT2D eigenvalue weighted by Gasteiger charge is 2.33. The summed E-state index contributed by atoms with van der Waals surface area (Å²) in [5, 5.41) is 2.09. The molecule has 0 aliphatic carbocycles. The number of fused-ring (bicyclic) bond motifs is 1. The minimum atomic E-state index is -0.132. The first-order valence-electron chi connectivity index (χ1n) is 10.7. The summed E-state index contributed by atoms with van der Waals surface area (Å²) in [5.74, 6) is 1.22. The molecular weight excluding hydrogens is 396 g/mol. The van der Waals surface area contributed by atoms with Gasteiger partial charge in [-0.15, -0.1) is 11.3 Å². The van der Waals surface area contributed by atoms with Gasteiger partial charge in [0.1, 0.15) is 12.4 Å². The zero-order valence-corrected chi connectivity index (χ0v) is 19.2. The second-order valence-electron chi connectivity index (χ2n) is 8.13. The molecule has 0 radical (unpaired) electrons. The minimum absolute atomic E-state index is 0.0146. The van der Waals surface area contributed by atoms with Crippen LogP contribution in [0.5, 0.6) is 5.75 Å². The summed E-state index contributed by atoms with van der Waals surface area (Å²) < 4.78 is 6.12. The lowest BCUT2D eigenvalue weighted by Gasteiger charge is -2.37. The minimum Gasteiger partial charge on any atom is -0.491 e. The van der Waals surface area contributed by atoms with Crippen LogP contribution >= 0.6 is 11.3 Å². The van der Waals surface area contributed by atoms with Crippen LogP contribution in [0.15, 0.2) is 35.7 Å². The molecule has 1 aliphatic heterocycles. The molecule has 0 N–H and O–H groups in total. The number of thiophene rings is 1. The van der Waals surface area contributed by atoms with Gasteiger partial charge in [-0.2, -0.15) is 0 Å². The molecule has 2 aromatic rings. The Morgan fingerprint density at radius 3 is 2.60 bits per heavy atom. The van der Waals surface area contributed by atoms with Gasteiger partial charge in [-0.3, -0.25) is 9.59 Å². The van der Waals surface area contributed by atoms with Gasteiger partial charge in [-0.05, 0) is 53.5 Å². The molecular formula is C24H32N2O3S. The third kappa shape index (κ3) is 5.22. The van der Waals surface area contributed by atoms with Crippen molar-refractivity contribution in [2.24, 2.45) is 0 Å². The standard InChI is InChI=1S/C24H32N2O3S/c1-5-12-25(18(4)27)15-24(28)26-13-10-23-21(11-14-30-23)22(26)16-29-20-8-6-19(7-9-20)17(2)3/h6-9,11,14,17,22H,5,10,12-13,15-16H2,1-4H3. The molecule has 0 spiro atoms. The summed E-state index contributed by atoms with van der Waals surface area (Å²) in [4.78, 5) is 29.9. The lowest BCUT2D eigenvalue weighted by Crippen LogP contribution is -2.47. The van der Waals surface area contributed by atoms with Gasteiger partial charge < -0.3 is 14.5 Å².